The molecular weight excluding hydrogens is 456 g/mol. The number of ether oxygens (including phenoxy) is 1. The second-order valence-corrected chi connectivity index (χ2v) is 8.32. The van der Waals surface area contributed by atoms with Gasteiger partial charge >= 0.3 is 5.97 Å². The van der Waals surface area contributed by atoms with E-state index in [0.717, 1.165) is 10.0 Å². The average molecular weight is 477 g/mol. The normalized spacial score (nSPS) is 28.0. The molecule has 0 radical (unpaired) electrons. The number of hydrogen-bond acceptors (Lipinski definition) is 7. The second-order valence-electron chi connectivity index (χ2n) is 7.47. The lowest BCUT2D eigenvalue weighted by Crippen LogP contribution is -2.53. The van der Waals surface area contributed by atoms with Crippen LogP contribution >= 0.6 is 15.9 Å². The quantitative estimate of drug-likeness (QED) is 0.383. The molecule has 0 spiro atoms. The SMILES string of the molecule is COc1ccc(C2CC(C(=O)O)C3C(NNC3c3cccc([N+](=O)[O-])c3)N2)cc1Br. The van der Waals surface area contributed by atoms with E-state index in [-0.39, 0.29) is 29.9 Å². The Bertz CT molecular complexity index is 987. The summed E-state index contributed by atoms with van der Waals surface area (Å²) in [5.74, 6) is -1.14. The maximum absolute atomic E-state index is 12.2. The number of nitro groups is 1. The van der Waals surface area contributed by atoms with Crippen molar-refractivity contribution in [2.45, 2.75) is 24.7 Å². The highest BCUT2D eigenvalue weighted by Gasteiger charge is 2.49. The zero-order valence-corrected chi connectivity index (χ0v) is 17.6. The largest absolute Gasteiger partial charge is 0.496 e. The second kappa shape index (κ2) is 8.31. The van der Waals surface area contributed by atoms with Crippen LogP contribution in [-0.2, 0) is 4.79 Å². The Labute approximate surface area is 181 Å². The third-order valence-electron chi connectivity index (χ3n) is 5.83. The number of hydrogen-bond donors (Lipinski definition) is 4. The highest BCUT2D eigenvalue weighted by Crippen LogP contribution is 2.43. The maximum atomic E-state index is 12.2. The molecule has 4 rings (SSSR count). The first-order valence-electron chi connectivity index (χ1n) is 9.46. The lowest BCUT2D eigenvalue weighted by molar-refractivity contribution is -0.384. The number of benzene rings is 2. The number of piperidine rings is 1. The summed E-state index contributed by atoms with van der Waals surface area (Å²) in [7, 11) is 1.59. The third kappa shape index (κ3) is 3.79. The monoisotopic (exact) mass is 476 g/mol. The Kier molecular flexibility index (Phi) is 5.74. The van der Waals surface area contributed by atoms with Gasteiger partial charge in [-0.25, -0.2) is 10.9 Å². The van der Waals surface area contributed by atoms with Crippen LogP contribution in [0.3, 0.4) is 0 Å². The summed E-state index contributed by atoms with van der Waals surface area (Å²) in [5.41, 5.74) is 7.90. The highest BCUT2D eigenvalue weighted by atomic mass is 79.9. The van der Waals surface area contributed by atoms with Gasteiger partial charge < -0.3 is 9.84 Å². The number of methoxy groups -OCH3 is 1. The summed E-state index contributed by atoms with van der Waals surface area (Å²) in [5, 5.41) is 24.6. The molecule has 2 aliphatic heterocycles. The van der Waals surface area contributed by atoms with E-state index >= 15 is 0 Å². The summed E-state index contributed by atoms with van der Waals surface area (Å²) in [6, 6.07) is 11.5. The van der Waals surface area contributed by atoms with Crippen molar-refractivity contribution in [2.75, 3.05) is 7.11 Å². The number of carboxylic acid groups (broad SMARTS) is 1. The van der Waals surface area contributed by atoms with Gasteiger partial charge in [0.05, 0.1) is 34.6 Å². The van der Waals surface area contributed by atoms with Crippen LogP contribution in [0.4, 0.5) is 5.69 Å². The minimum absolute atomic E-state index is 0.0191. The number of hydrazine groups is 1. The molecule has 2 fully saturated rings. The standard InChI is InChI=1S/C20H21BrN4O5/c1-30-16-6-5-10(8-14(16)21)15-9-13(20(26)27)17-18(23-24-19(17)22-15)11-3-2-4-12(7-11)25(28)29/h2-8,13,15,17-19,22-24H,9H2,1H3,(H,26,27). The van der Waals surface area contributed by atoms with Crippen LogP contribution in [-0.4, -0.2) is 29.3 Å². The minimum Gasteiger partial charge on any atom is -0.496 e. The van der Waals surface area contributed by atoms with Gasteiger partial charge in [0.1, 0.15) is 5.75 Å². The van der Waals surface area contributed by atoms with Crippen molar-refractivity contribution in [1.82, 2.24) is 16.2 Å². The molecule has 0 aromatic heterocycles. The topological polar surface area (TPSA) is 126 Å². The van der Waals surface area contributed by atoms with E-state index in [2.05, 4.69) is 32.1 Å². The Balaban J connectivity index is 1.62. The van der Waals surface area contributed by atoms with E-state index in [1.54, 1.807) is 19.2 Å². The number of nitrogens with zero attached hydrogens (tertiary/aromatic N) is 1. The first-order chi connectivity index (χ1) is 14.4. The molecule has 0 saturated carbocycles. The zero-order chi connectivity index (χ0) is 21.4. The molecule has 30 heavy (non-hydrogen) atoms. The van der Waals surface area contributed by atoms with Crippen LogP contribution in [0, 0.1) is 22.0 Å². The summed E-state index contributed by atoms with van der Waals surface area (Å²) < 4.78 is 6.07. The van der Waals surface area contributed by atoms with Crippen molar-refractivity contribution in [3.05, 3.63) is 68.2 Å². The van der Waals surface area contributed by atoms with Crippen molar-refractivity contribution >= 4 is 27.6 Å². The Hall–Kier alpha value is -2.53. The fourth-order valence-electron chi connectivity index (χ4n) is 4.41. The highest BCUT2D eigenvalue weighted by molar-refractivity contribution is 9.10. The Morgan fingerprint density at radius 1 is 1.23 bits per heavy atom. The van der Waals surface area contributed by atoms with Gasteiger partial charge in [0.15, 0.2) is 0 Å². The summed E-state index contributed by atoms with van der Waals surface area (Å²) in [6.07, 6.45) is 0.0827. The average Bonchev–Trinajstić information content (AvgIpc) is 3.17. The van der Waals surface area contributed by atoms with Crippen molar-refractivity contribution in [2.24, 2.45) is 11.8 Å². The number of nitro benzene ring substituents is 1. The maximum Gasteiger partial charge on any atom is 0.307 e. The van der Waals surface area contributed by atoms with Crippen molar-refractivity contribution < 1.29 is 19.6 Å². The van der Waals surface area contributed by atoms with Gasteiger partial charge in [-0.05, 0) is 45.6 Å². The lowest BCUT2D eigenvalue weighted by Gasteiger charge is -2.39. The number of fused-ring (bicyclic) bond motifs is 1. The minimum atomic E-state index is -0.884. The Morgan fingerprint density at radius 2 is 2.03 bits per heavy atom. The molecular formula is C20H21BrN4O5. The van der Waals surface area contributed by atoms with Crippen LogP contribution < -0.4 is 20.9 Å². The van der Waals surface area contributed by atoms with Crippen LogP contribution in [0.5, 0.6) is 5.75 Å². The summed E-state index contributed by atoms with van der Waals surface area (Å²) in [4.78, 5) is 22.9. The van der Waals surface area contributed by atoms with Crippen molar-refractivity contribution in [1.29, 1.82) is 0 Å². The Morgan fingerprint density at radius 3 is 2.70 bits per heavy atom. The van der Waals surface area contributed by atoms with Gasteiger partial charge in [0, 0.05) is 24.1 Å². The summed E-state index contributed by atoms with van der Waals surface area (Å²) >= 11 is 3.48. The van der Waals surface area contributed by atoms with Crippen LogP contribution in [0.2, 0.25) is 0 Å². The molecule has 2 heterocycles. The van der Waals surface area contributed by atoms with Crippen LogP contribution in [0.1, 0.15) is 29.6 Å². The number of carboxylic acids is 1. The summed E-state index contributed by atoms with van der Waals surface area (Å²) in [6.45, 7) is 0. The van der Waals surface area contributed by atoms with Crippen molar-refractivity contribution in [3.8, 4) is 5.75 Å². The van der Waals surface area contributed by atoms with Gasteiger partial charge in [-0.3, -0.25) is 20.2 Å². The third-order valence-corrected chi connectivity index (χ3v) is 6.45. The van der Waals surface area contributed by atoms with Gasteiger partial charge in [-0.1, -0.05) is 18.2 Å². The molecule has 5 atom stereocenters. The van der Waals surface area contributed by atoms with E-state index in [4.69, 9.17) is 4.74 Å². The first kappa shape index (κ1) is 20.7. The van der Waals surface area contributed by atoms with Crippen LogP contribution in [0.25, 0.3) is 0 Å². The number of aliphatic carboxylic acids is 1. The lowest BCUT2D eigenvalue weighted by atomic mass is 9.75. The fraction of sp³-hybridized carbons (Fsp3) is 0.350. The predicted molar refractivity (Wildman–Crippen MR) is 112 cm³/mol. The molecule has 2 saturated heterocycles. The molecule has 158 valence electrons. The first-order valence-corrected chi connectivity index (χ1v) is 10.3. The van der Waals surface area contributed by atoms with Gasteiger partial charge in [0.2, 0.25) is 0 Å². The van der Waals surface area contributed by atoms with E-state index in [1.165, 1.54) is 12.1 Å². The van der Waals surface area contributed by atoms with E-state index in [0.29, 0.717) is 17.7 Å². The number of halogens is 1. The smallest absolute Gasteiger partial charge is 0.307 e. The zero-order valence-electron chi connectivity index (χ0n) is 16.0. The molecule has 0 bridgehead atoms. The fourth-order valence-corrected chi connectivity index (χ4v) is 4.97. The molecule has 9 nitrogen and oxygen atoms in total. The van der Waals surface area contributed by atoms with E-state index < -0.39 is 16.8 Å². The van der Waals surface area contributed by atoms with Crippen molar-refractivity contribution in [3.63, 3.8) is 0 Å². The molecule has 10 heteroatoms. The molecule has 5 unspecified atom stereocenters. The molecule has 0 aliphatic carbocycles. The molecule has 0 amide bonds. The van der Waals surface area contributed by atoms with Gasteiger partial charge in [0.25, 0.3) is 5.69 Å². The number of rotatable bonds is 5. The van der Waals surface area contributed by atoms with Gasteiger partial charge in [-0.15, -0.1) is 0 Å². The number of carbonyl (C=O) groups is 1. The predicted octanol–water partition coefficient (Wildman–Crippen LogP) is 2.89. The van der Waals surface area contributed by atoms with Gasteiger partial charge in [-0.2, -0.15) is 0 Å². The molecule has 2 aliphatic rings. The number of non-ortho nitro benzene ring substituents is 1. The molecule has 4 N–H and O–H groups in total. The van der Waals surface area contributed by atoms with E-state index in [9.17, 15) is 20.0 Å². The van der Waals surface area contributed by atoms with Crippen LogP contribution in [0.15, 0.2) is 46.9 Å². The van der Waals surface area contributed by atoms with E-state index in [1.807, 2.05) is 18.2 Å². The molecule has 2 aromatic carbocycles. The number of nitrogens with one attached hydrogen (secondary N) is 3. The molecule has 2 aromatic rings.